The van der Waals surface area contributed by atoms with Crippen LogP contribution >= 0.6 is 11.6 Å². The number of carbonyl (C=O) groups is 2. The summed E-state index contributed by atoms with van der Waals surface area (Å²) in [5, 5.41) is 6.19. The minimum atomic E-state index is -0.255. The zero-order chi connectivity index (χ0) is 24.6. The van der Waals surface area contributed by atoms with Crippen LogP contribution in [0.15, 0.2) is 66.7 Å². The predicted octanol–water partition coefficient (Wildman–Crippen LogP) is 5.17. The van der Waals surface area contributed by atoms with Crippen molar-refractivity contribution in [3.8, 4) is 5.75 Å². The number of nitrogens with zero attached hydrogens (tertiary/aromatic N) is 1. The molecule has 4 rings (SSSR count). The predicted molar refractivity (Wildman–Crippen MR) is 139 cm³/mol. The molecule has 1 aliphatic rings. The first-order valence-electron chi connectivity index (χ1n) is 11.8. The topological polar surface area (TPSA) is 70.7 Å². The second-order valence-corrected chi connectivity index (χ2v) is 9.09. The van der Waals surface area contributed by atoms with Crippen LogP contribution in [0.2, 0.25) is 5.02 Å². The van der Waals surface area contributed by atoms with Crippen molar-refractivity contribution in [2.24, 2.45) is 0 Å². The molecule has 2 N–H and O–H groups in total. The second-order valence-electron chi connectivity index (χ2n) is 8.68. The number of nitrogens with one attached hydrogen (secondary N) is 2. The third-order valence-corrected chi connectivity index (χ3v) is 6.48. The fraction of sp³-hybridized carbons (Fsp3) is 0.286. The zero-order valence-electron chi connectivity index (χ0n) is 19.9. The minimum absolute atomic E-state index is 0.190. The van der Waals surface area contributed by atoms with Crippen molar-refractivity contribution < 1.29 is 14.3 Å². The Bertz CT molecular complexity index is 1170. The van der Waals surface area contributed by atoms with Crippen LogP contribution in [-0.4, -0.2) is 43.5 Å². The third kappa shape index (κ3) is 6.84. The molecule has 0 unspecified atom stereocenters. The molecule has 35 heavy (non-hydrogen) atoms. The van der Waals surface area contributed by atoms with Crippen molar-refractivity contribution in [2.45, 2.75) is 25.8 Å². The van der Waals surface area contributed by atoms with Crippen molar-refractivity contribution in [1.29, 1.82) is 0 Å². The van der Waals surface area contributed by atoms with Gasteiger partial charge in [0.2, 0.25) is 0 Å². The highest BCUT2D eigenvalue weighted by Crippen LogP contribution is 2.25. The molecule has 3 aromatic rings. The lowest BCUT2D eigenvalue weighted by Gasteiger charge is -2.14. The van der Waals surface area contributed by atoms with Gasteiger partial charge in [-0.05, 0) is 85.9 Å². The molecular formula is C28H30ClN3O3. The van der Waals surface area contributed by atoms with E-state index in [2.05, 4.69) is 27.7 Å². The highest BCUT2D eigenvalue weighted by atomic mass is 35.5. The van der Waals surface area contributed by atoms with Crippen LogP contribution in [0.5, 0.6) is 5.75 Å². The molecule has 1 saturated heterocycles. The molecule has 0 bridgehead atoms. The number of hydrogen-bond acceptors (Lipinski definition) is 4. The van der Waals surface area contributed by atoms with E-state index in [0.29, 0.717) is 21.9 Å². The number of amides is 2. The molecule has 0 aromatic heterocycles. The Kier molecular flexibility index (Phi) is 8.40. The van der Waals surface area contributed by atoms with Gasteiger partial charge in [-0.25, -0.2) is 0 Å². The van der Waals surface area contributed by atoms with Gasteiger partial charge >= 0.3 is 0 Å². The molecule has 0 atom stereocenters. The maximum atomic E-state index is 12.8. The molecule has 1 heterocycles. The number of halogens is 1. The van der Waals surface area contributed by atoms with Crippen molar-refractivity contribution in [1.82, 2.24) is 10.2 Å². The molecule has 1 fully saturated rings. The van der Waals surface area contributed by atoms with Crippen LogP contribution in [0.4, 0.5) is 5.69 Å². The van der Waals surface area contributed by atoms with Gasteiger partial charge in [-0.1, -0.05) is 35.9 Å². The Morgan fingerprint density at radius 1 is 0.914 bits per heavy atom. The normalized spacial score (nSPS) is 13.4. The molecule has 1 aliphatic heterocycles. The van der Waals surface area contributed by atoms with Crippen LogP contribution in [0.1, 0.15) is 44.7 Å². The molecule has 0 saturated carbocycles. The van der Waals surface area contributed by atoms with Crippen molar-refractivity contribution in [3.63, 3.8) is 0 Å². The molecule has 182 valence electrons. The molecule has 7 heteroatoms. The van der Waals surface area contributed by atoms with Gasteiger partial charge in [0.05, 0.1) is 12.1 Å². The number of anilines is 1. The molecule has 3 aromatic carbocycles. The lowest BCUT2D eigenvalue weighted by Crippen LogP contribution is -2.23. The highest BCUT2D eigenvalue weighted by molar-refractivity contribution is 6.32. The Morgan fingerprint density at radius 3 is 2.37 bits per heavy atom. The SMILES string of the molecule is COc1ccc(C(=O)NCc2cccc(C(=O)Nc3ccc(CCN4CCCC4)cc3)c2)cc1Cl. The quantitative estimate of drug-likeness (QED) is 0.433. The maximum Gasteiger partial charge on any atom is 0.255 e. The van der Waals surface area contributed by atoms with E-state index in [4.69, 9.17) is 16.3 Å². The standard InChI is InChI=1S/C28H30ClN3O3/c1-35-26-12-9-23(18-25(26)29)27(33)30-19-21-5-4-6-22(17-21)28(34)31-24-10-7-20(8-11-24)13-16-32-14-2-3-15-32/h4-12,17-18H,2-3,13-16,19H2,1H3,(H,30,33)(H,31,34). The lowest BCUT2D eigenvalue weighted by molar-refractivity contribution is 0.0950. The number of methoxy groups -OCH3 is 1. The summed E-state index contributed by atoms with van der Waals surface area (Å²) in [5.74, 6) is 0.0674. The molecule has 0 radical (unpaired) electrons. The fourth-order valence-corrected chi connectivity index (χ4v) is 4.42. The maximum absolute atomic E-state index is 12.8. The minimum Gasteiger partial charge on any atom is -0.495 e. The van der Waals surface area contributed by atoms with Gasteiger partial charge in [-0.15, -0.1) is 0 Å². The van der Waals surface area contributed by atoms with Gasteiger partial charge in [0, 0.05) is 29.9 Å². The lowest BCUT2D eigenvalue weighted by atomic mass is 10.1. The number of rotatable bonds is 9. The van der Waals surface area contributed by atoms with Crippen molar-refractivity contribution >= 4 is 29.1 Å². The van der Waals surface area contributed by atoms with Gasteiger partial charge in [0.15, 0.2) is 0 Å². The molecular weight excluding hydrogens is 462 g/mol. The average Bonchev–Trinajstić information content (AvgIpc) is 3.41. The number of likely N-dealkylation sites (tertiary alicyclic amines) is 1. The summed E-state index contributed by atoms with van der Waals surface area (Å²) < 4.78 is 5.12. The Balaban J connectivity index is 1.30. The van der Waals surface area contributed by atoms with E-state index in [1.807, 2.05) is 24.3 Å². The molecule has 6 nitrogen and oxygen atoms in total. The van der Waals surface area contributed by atoms with Crippen LogP contribution in [0, 0.1) is 0 Å². The Labute approximate surface area is 211 Å². The summed E-state index contributed by atoms with van der Waals surface area (Å²) in [6, 6.07) is 20.1. The summed E-state index contributed by atoms with van der Waals surface area (Å²) in [7, 11) is 1.52. The van der Waals surface area contributed by atoms with Gasteiger partial charge < -0.3 is 20.3 Å². The van der Waals surface area contributed by atoms with Crippen molar-refractivity contribution in [2.75, 3.05) is 32.1 Å². The largest absolute Gasteiger partial charge is 0.495 e. The van der Waals surface area contributed by atoms with E-state index in [1.54, 1.807) is 30.3 Å². The summed E-state index contributed by atoms with van der Waals surface area (Å²) in [5.41, 5.74) is 3.82. The first kappa shape index (κ1) is 24.8. The third-order valence-electron chi connectivity index (χ3n) is 6.18. The average molecular weight is 492 g/mol. The smallest absolute Gasteiger partial charge is 0.255 e. The van der Waals surface area contributed by atoms with Crippen LogP contribution in [0.25, 0.3) is 0 Å². The van der Waals surface area contributed by atoms with Gasteiger partial charge in [0.25, 0.3) is 11.8 Å². The van der Waals surface area contributed by atoms with E-state index < -0.39 is 0 Å². The molecule has 2 amide bonds. The summed E-state index contributed by atoms with van der Waals surface area (Å²) in [6.45, 7) is 3.77. The first-order chi connectivity index (χ1) is 17.0. The zero-order valence-corrected chi connectivity index (χ0v) is 20.6. The summed E-state index contributed by atoms with van der Waals surface area (Å²) in [4.78, 5) is 27.8. The first-order valence-corrected chi connectivity index (χ1v) is 12.2. The van der Waals surface area contributed by atoms with Gasteiger partial charge in [0.1, 0.15) is 5.75 Å². The van der Waals surface area contributed by atoms with Gasteiger partial charge in [-0.3, -0.25) is 9.59 Å². The molecule has 0 spiro atoms. The number of ether oxygens (including phenoxy) is 1. The molecule has 0 aliphatic carbocycles. The van der Waals surface area contributed by atoms with Gasteiger partial charge in [-0.2, -0.15) is 0 Å². The van der Waals surface area contributed by atoms with E-state index >= 15 is 0 Å². The fourth-order valence-electron chi connectivity index (χ4n) is 4.17. The second kappa shape index (κ2) is 11.9. The van der Waals surface area contributed by atoms with E-state index in [0.717, 1.165) is 24.2 Å². The van der Waals surface area contributed by atoms with Crippen molar-refractivity contribution in [3.05, 3.63) is 94.0 Å². The van der Waals surface area contributed by atoms with E-state index in [-0.39, 0.29) is 18.4 Å². The number of carbonyl (C=O) groups excluding carboxylic acids is 2. The highest BCUT2D eigenvalue weighted by Gasteiger charge is 2.12. The monoisotopic (exact) mass is 491 g/mol. The van der Waals surface area contributed by atoms with Crippen LogP contribution < -0.4 is 15.4 Å². The Morgan fingerprint density at radius 2 is 1.66 bits per heavy atom. The number of hydrogen-bond donors (Lipinski definition) is 2. The van der Waals surface area contributed by atoms with Crippen LogP contribution in [-0.2, 0) is 13.0 Å². The summed E-state index contributed by atoms with van der Waals surface area (Å²) >= 11 is 6.11. The Hall–Kier alpha value is -3.35. The van der Waals surface area contributed by atoms with Crippen LogP contribution in [0.3, 0.4) is 0 Å². The van der Waals surface area contributed by atoms with E-state index in [1.165, 1.54) is 38.6 Å². The number of benzene rings is 3. The van der Waals surface area contributed by atoms with E-state index in [9.17, 15) is 9.59 Å². The summed E-state index contributed by atoms with van der Waals surface area (Å²) in [6.07, 6.45) is 3.62.